The van der Waals surface area contributed by atoms with Gasteiger partial charge < -0.3 is 5.73 Å². The molecule has 0 radical (unpaired) electrons. The van der Waals surface area contributed by atoms with Gasteiger partial charge in [-0.1, -0.05) is 32.6 Å². The van der Waals surface area contributed by atoms with Gasteiger partial charge in [0.05, 0.1) is 0 Å². The zero-order valence-electron chi connectivity index (χ0n) is 10.7. The third kappa shape index (κ3) is 3.38. The van der Waals surface area contributed by atoms with Crippen LogP contribution in [0.2, 0.25) is 0 Å². The lowest BCUT2D eigenvalue weighted by Gasteiger charge is -2.20. The number of aromatic nitrogens is 3. The average molecular weight is 234 g/mol. The lowest BCUT2D eigenvalue weighted by atomic mass is 9.89. The highest BCUT2D eigenvalue weighted by atomic mass is 15.1. The zero-order chi connectivity index (χ0) is 12.1. The number of nitrogens with zero attached hydrogens (tertiary/aromatic N) is 3. The maximum atomic E-state index is 5.78. The van der Waals surface area contributed by atoms with E-state index < -0.39 is 0 Å². The Morgan fingerprint density at radius 3 is 2.59 bits per heavy atom. The molecule has 1 aromatic heterocycles. The van der Waals surface area contributed by atoms with Crippen molar-refractivity contribution in [2.45, 2.75) is 64.2 Å². The van der Waals surface area contributed by atoms with Gasteiger partial charge >= 0.3 is 0 Å². The molecular formula is C13H22N4. The van der Waals surface area contributed by atoms with Crippen molar-refractivity contribution in [1.29, 1.82) is 0 Å². The minimum Gasteiger partial charge on any atom is -0.368 e. The summed E-state index contributed by atoms with van der Waals surface area (Å²) in [4.78, 5) is 13.1. The Morgan fingerprint density at radius 2 is 1.88 bits per heavy atom. The van der Waals surface area contributed by atoms with E-state index >= 15 is 0 Å². The highest BCUT2D eigenvalue weighted by Gasteiger charge is 2.19. The van der Waals surface area contributed by atoms with E-state index in [1.807, 2.05) is 0 Å². The smallest absolute Gasteiger partial charge is 0.223 e. The van der Waals surface area contributed by atoms with Crippen LogP contribution in [0.25, 0.3) is 0 Å². The Morgan fingerprint density at radius 1 is 1.12 bits per heavy atom. The van der Waals surface area contributed by atoms with Gasteiger partial charge in [-0.2, -0.15) is 9.97 Å². The van der Waals surface area contributed by atoms with Crippen LogP contribution in [-0.2, 0) is 6.42 Å². The molecule has 1 heterocycles. The van der Waals surface area contributed by atoms with E-state index in [9.17, 15) is 0 Å². The molecule has 1 aliphatic carbocycles. The van der Waals surface area contributed by atoms with Crippen LogP contribution in [0, 0.1) is 0 Å². The van der Waals surface area contributed by atoms with Crippen molar-refractivity contribution in [3.05, 3.63) is 11.6 Å². The lowest BCUT2D eigenvalue weighted by molar-refractivity contribution is 0.426. The maximum absolute atomic E-state index is 5.78. The normalized spacial score (nSPS) is 17.2. The molecule has 0 aromatic carbocycles. The highest BCUT2D eigenvalue weighted by Crippen LogP contribution is 2.30. The third-order valence-corrected chi connectivity index (χ3v) is 3.44. The molecule has 4 heteroatoms. The quantitative estimate of drug-likeness (QED) is 0.870. The minimum atomic E-state index is 0.395. The summed E-state index contributed by atoms with van der Waals surface area (Å²) in [5.74, 6) is 2.71. The number of hydrogen-bond acceptors (Lipinski definition) is 4. The monoisotopic (exact) mass is 234 g/mol. The first kappa shape index (κ1) is 12.3. The molecule has 17 heavy (non-hydrogen) atoms. The van der Waals surface area contributed by atoms with Crippen molar-refractivity contribution in [2.24, 2.45) is 0 Å². The molecule has 2 rings (SSSR count). The van der Waals surface area contributed by atoms with Gasteiger partial charge in [0.15, 0.2) is 0 Å². The SMILES string of the molecule is CCCCc1nc(N)nc(C2CCCCC2)n1. The van der Waals surface area contributed by atoms with Crippen molar-refractivity contribution in [3.8, 4) is 0 Å². The number of unbranched alkanes of at least 4 members (excludes halogenated alkanes) is 1. The minimum absolute atomic E-state index is 0.395. The van der Waals surface area contributed by atoms with E-state index in [1.54, 1.807) is 0 Å². The second kappa shape index (κ2) is 5.94. The van der Waals surface area contributed by atoms with Gasteiger partial charge in [-0.3, -0.25) is 0 Å². The predicted octanol–water partition coefficient (Wildman–Crippen LogP) is 2.84. The van der Waals surface area contributed by atoms with Crippen LogP contribution in [0.15, 0.2) is 0 Å². The van der Waals surface area contributed by atoms with Gasteiger partial charge in [0.25, 0.3) is 0 Å². The Bertz CT molecular complexity index is 358. The van der Waals surface area contributed by atoms with Crippen molar-refractivity contribution in [1.82, 2.24) is 15.0 Å². The summed E-state index contributed by atoms with van der Waals surface area (Å²) in [6.45, 7) is 2.17. The largest absolute Gasteiger partial charge is 0.368 e. The lowest BCUT2D eigenvalue weighted by Crippen LogP contribution is -2.13. The van der Waals surface area contributed by atoms with Crippen LogP contribution in [-0.4, -0.2) is 15.0 Å². The van der Waals surface area contributed by atoms with Crippen molar-refractivity contribution < 1.29 is 0 Å². The molecule has 1 saturated carbocycles. The number of rotatable bonds is 4. The molecule has 0 spiro atoms. The zero-order valence-corrected chi connectivity index (χ0v) is 10.7. The van der Waals surface area contributed by atoms with Crippen LogP contribution >= 0.6 is 0 Å². The van der Waals surface area contributed by atoms with Crippen molar-refractivity contribution >= 4 is 5.95 Å². The van der Waals surface area contributed by atoms with Gasteiger partial charge in [0.2, 0.25) is 5.95 Å². The first-order valence-electron chi connectivity index (χ1n) is 6.80. The van der Waals surface area contributed by atoms with E-state index in [1.165, 1.54) is 32.1 Å². The predicted molar refractivity (Wildman–Crippen MR) is 68.7 cm³/mol. The second-order valence-electron chi connectivity index (χ2n) is 4.91. The summed E-state index contributed by atoms with van der Waals surface area (Å²) in [7, 11) is 0. The Balaban J connectivity index is 2.12. The molecule has 2 N–H and O–H groups in total. The molecule has 4 nitrogen and oxygen atoms in total. The van der Waals surface area contributed by atoms with E-state index in [4.69, 9.17) is 5.73 Å². The number of aryl methyl sites for hydroxylation is 1. The van der Waals surface area contributed by atoms with Gasteiger partial charge in [0, 0.05) is 12.3 Å². The second-order valence-corrected chi connectivity index (χ2v) is 4.91. The highest BCUT2D eigenvalue weighted by molar-refractivity contribution is 5.17. The third-order valence-electron chi connectivity index (χ3n) is 3.44. The summed E-state index contributed by atoms with van der Waals surface area (Å²) >= 11 is 0. The summed E-state index contributed by atoms with van der Waals surface area (Å²) < 4.78 is 0. The molecule has 0 amide bonds. The molecule has 0 atom stereocenters. The maximum Gasteiger partial charge on any atom is 0.223 e. The molecule has 1 aromatic rings. The van der Waals surface area contributed by atoms with E-state index in [0.717, 1.165) is 30.9 Å². The number of hydrogen-bond donors (Lipinski definition) is 1. The number of anilines is 1. The summed E-state index contributed by atoms with van der Waals surface area (Å²) in [5, 5.41) is 0. The molecular weight excluding hydrogens is 212 g/mol. The standard InChI is InChI=1S/C13H22N4/c1-2-3-9-11-15-12(17-13(14)16-11)10-7-5-4-6-8-10/h10H,2-9H2,1H3,(H2,14,15,16,17). The molecule has 0 saturated heterocycles. The van der Waals surface area contributed by atoms with E-state index in [0.29, 0.717) is 11.9 Å². The van der Waals surface area contributed by atoms with Crippen molar-refractivity contribution in [3.63, 3.8) is 0 Å². The van der Waals surface area contributed by atoms with Crippen LogP contribution in [0.4, 0.5) is 5.95 Å². The molecule has 1 fully saturated rings. The molecule has 0 bridgehead atoms. The first-order chi connectivity index (χ1) is 8.29. The van der Waals surface area contributed by atoms with Gasteiger partial charge in [-0.15, -0.1) is 0 Å². The van der Waals surface area contributed by atoms with E-state index in [-0.39, 0.29) is 0 Å². The fourth-order valence-electron chi connectivity index (χ4n) is 2.45. The fourth-order valence-corrected chi connectivity index (χ4v) is 2.45. The fraction of sp³-hybridized carbons (Fsp3) is 0.769. The molecule has 0 unspecified atom stereocenters. The van der Waals surface area contributed by atoms with Crippen LogP contribution < -0.4 is 5.73 Å². The molecule has 0 aliphatic heterocycles. The van der Waals surface area contributed by atoms with Crippen molar-refractivity contribution in [2.75, 3.05) is 5.73 Å². The summed E-state index contributed by atoms with van der Waals surface area (Å²) in [6.07, 6.45) is 9.54. The van der Waals surface area contributed by atoms with Gasteiger partial charge in [0.1, 0.15) is 11.6 Å². The Kier molecular flexibility index (Phi) is 4.29. The summed E-state index contributed by atoms with van der Waals surface area (Å²) in [5.41, 5.74) is 5.78. The first-order valence-corrected chi connectivity index (χ1v) is 6.80. The Labute approximate surface area is 103 Å². The van der Waals surface area contributed by atoms with Gasteiger partial charge in [-0.05, 0) is 19.3 Å². The van der Waals surface area contributed by atoms with E-state index in [2.05, 4.69) is 21.9 Å². The topological polar surface area (TPSA) is 64.7 Å². The summed E-state index contributed by atoms with van der Waals surface area (Å²) in [6, 6.07) is 0. The van der Waals surface area contributed by atoms with Crippen LogP contribution in [0.1, 0.15) is 69.4 Å². The Hall–Kier alpha value is -1.19. The van der Waals surface area contributed by atoms with Crippen LogP contribution in [0.5, 0.6) is 0 Å². The number of nitrogens with two attached hydrogens (primary N) is 1. The molecule has 1 aliphatic rings. The average Bonchev–Trinajstić information content (AvgIpc) is 2.37. The molecule has 94 valence electrons. The van der Waals surface area contributed by atoms with Crippen LogP contribution in [0.3, 0.4) is 0 Å². The van der Waals surface area contributed by atoms with Gasteiger partial charge in [-0.25, -0.2) is 4.98 Å². The number of nitrogen functional groups attached to an aromatic ring is 1.